The molecule has 1 aliphatic heterocycles. The third-order valence-electron chi connectivity index (χ3n) is 4.09. The molecule has 8 heteroatoms. The quantitative estimate of drug-likeness (QED) is 0.548. The number of rotatable bonds is 7. The number of hydrogen-bond donors (Lipinski definition) is 1. The molecule has 1 amide bonds. The highest BCUT2D eigenvalue weighted by atomic mass is 16.6. The number of amides is 1. The zero-order chi connectivity index (χ0) is 21.4. The van der Waals surface area contributed by atoms with E-state index in [9.17, 15) is 14.4 Å². The normalized spacial score (nSPS) is 15.9. The number of ketones is 1. The fourth-order valence-corrected chi connectivity index (χ4v) is 2.67. The zero-order valence-corrected chi connectivity index (χ0v) is 17.4. The SMILES string of the molecule is C[C@H](NC(=O)OC(C)(C)C)C(=O)c1ccc(OCC(=O)OC2CCOCC2)cc1. The molecule has 0 unspecified atom stereocenters. The molecule has 0 radical (unpaired) electrons. The second-order valence-corrected chi connectivity index (χ2v) is 7.85. The summed E-state index contributed by atoms with van der Waals surface area (Å²) in [7, 11) is 0. The summed E-state index contributed by atoms with van der Waals surface area (Å²) >= 11 is 0. The fraction of sp³-hybridized carbons (Fsp3) is 0.571. The predicted molar refractivity (Wildman–Crippen MR) is 105 cm³/mol. The molecule has 1 aromatic carbocycles. The van der Waals surface area contributed by atoms with Gasteiger partial charge < -0.3 is 24.3 Å². The van der Waals surface area contributed by atoms with Crippen molar-refractivity contribution in [3.63, 3.8) is 0 Å². The second-order valence-electron chi connectivity index (χ2n) is 7.85. The van der Waals surface area contributed by atoms with Gasteiger partial charge in [0.1, 0.15) is 17.5 Å². The molecule has 1 heterocycles. The van der Waals surface area contributed by atoms with Crippen LogP contribution in [0, 0.1) is 0 Å². The van der Waals surface area contributed by atoms with Crippen LogP contribution >= 0.6 is 0 Å². The molecule has 2 rings (SSSR count). The van der Waals surface area contributed by atoms with Gasteiger partial charge in [-0.3, -0.25) is 4.79 Å². The molecule has 8 nitrogen and oxygen atoms in total. The minimum Gasteiger partial charge on any atom is -0.482 e. The highest BCUT2D eigenvalue weighted by molar-refractivity contribution is 6.01. The van der Waals surface area contributed by atoms with Gasteiger partial charge in [0.05, 0.1) is 19.3 Å². The first-order chi connectivity index (χ1) is 13.6. The Hall–Kier alpha value is -2.61. The maximum Gasteiger partial charge on any atom is 0.408 e. The van der Waals surface area contributed by atoms with Crippen LogP contribution in [0.1, 0.15) is 50.9 Å². The number of esters is 1. The van der Waals surface area contributed by atoms with Gasteiger partial charge in [-0.2, -0.15) is 0 Å². The standard InChI is InChI=1S/C21H29NO7/c1-14(22-20(25)29-21(2,3)4)19(24)15-5-7-16(8-6-15)27-13-18(23)28-17-9-11-26-12-10-17/h5-8,14,17H,9-13H2,1-4H3,(H,22,25)/t14-/m0/s1. The van der Waals surface area contributed by atoms with Crippen LogP contribution in [0.15, 0.2) is 24.3 Å². The molecule has 160 valence electrons. The molecular weight excluding hydrogens is 378 g/mol. The van der Waals surface area contributed by atoms with Gasteiger partial charge in [0.15, 0.2) is 12.4 Å². The van der Waals surface area contributed by atoms with Gasteiger partial charge in [-0.05, 0) is 52.0 Å². The van der Waals surface area contributed by atoms with Crippen LogP contribution in [0.2, 0.25) is 0 Å². The summed E-state index contributed by atoms with van der Waals surface area (Å²) in [6.45, 7) is 7.81. The average molecular weight is 407 g/mol. The number of Topliss-reactive ketones (excluding diaryl/α,β-unsaturated/α-hetero) is 1. The number of hydrogen-bond acceptors (Lipinski definition) is 7. The third-order valence-corrected chi connectivity index (χ3v) is 4.09. The summed E-state index contributed by atoms with van der Waals surface area (Å²) in [5, 5.41) is 2.52. The second kappa shape index (κ2) is 10.2. The van der Waals surface area contributed by atoms with E-state index in [4.69, 9.17) is 18.9 Å². The van der Waals surface area contributed by atoms with E-state index >= 15 is 0 Å². The van der Waals surface area contributed by atoms with Crippen LogP contribution in [-0.2, 0) is 19.0 Å². The number of alkyl carbamates (subject to hydrolysis) is 1. The molecule has 1 aliphatic rings. The Bertz CT molecular complexity index is 703. The maximum absolute atomic E-state index is 12.4. The molecule has 0 spiro atoms. The van der Waals surface area contributed by atoms with E-state index in [2.05, 4.69) is 5.32 Å². The smallest absolute Gasteiger partial charge is 0.408 e. The summed E-state index contributed by atoms with van der Waals surface area (Å²) < 4.78 is 21.1. The van der Waals surface area contributed by atoms with E-state index in [1.807, 2.05) is 0 Å². The highest BCUT2D eigenvalue weighted by Gasteiger charge is 2.22. The Morgan fingerprint density at radius 2 is 1.76 bits per heavy atom. The van der Waals surface area contributed by atoms with Crippen molar-refractivity contribution in [1.29, 1.82) is 0 Å². The van der Waals surface area contributed by atoms with Crippen molar-refractivity contribution in [3.8, 4) is 5.75 Å². The van der Waals surface area contributed by atoms with Crippen molar-refractivity contribution >= 4 is 17.8 Å². The summed E-state index contributed by atoms with van der Waals surface area (Å²) in [5.41, 5.74) is -0.233. The fourth-order valence-electron chi connectivity index (χ4n) is 2.67. The summed E-state index contributed by atoms with van der Waals surface area (Å²) in [5.74, 6) is -0.258. The van der Waals surface area contributed by atoms with Crippen molar-refractivity contribution in [2.75, 3.05) is 19.8 Å². The number of ether oxygens (including phenoxy) is 4. The van der Waals surface area contributed by atoms with Gasteiger partial charge in [0.25, 0.3) is 0 Å². The summed E-state index contributed by atoms with van der Waals surface area (Å²) in [6.07, 6.45) is 0.607. The lowest BCUT2D eigenvalue weighted by Crippen LogP contribution is -2.41. The lowest BCUT2D eigenvalue weighted by Gasteiger charge is -2.22. The van der Waals surface area contributed by atoms with Gasteiger partial charge in [-0.25, -0.2) is 9.59 Å². The maximum atomic E-state index is 12.4. The third kappa shape index (κ3) is 8.11. The van der Waals surface area contributed by atoms with E-state index < -0.39 is 23.7 Å². The average Bonchev–Trinajstić information content (AvgIpc) is 2.65. The first kappa shape index (κ1) is 22.7. The van der Waals surface area contributed by atoms with Crippen molar-refractivity contribution < 1.29 is 33.3 Å². The Balaban J connectivity index is 1.80. The van der Waals surface area contributed by atoms with Gasteiger partial charge >= 0.3 is 12.1 Å². The number of nitrogens with one attached hydrogen (secondary N) is 1. The lowest BCUT2D eigenvalue weighted by atomic mass is 10.1. The summed E-state index contributed by atoms with van der Waals surface area (Å²) in [6, 6.07) is 5.60. The molecule has 0 bridgehead atoms. The van der Waals surface area contributed by atoms with Crippen LogP contribution in [0.3, 0.4) is 0 Å². The Morgan fingerprint density at radius 3 is 2.34 bits per heavy atom. The number of carbonyl (C=O) groups excluding carboxylic acids is 3. The molecule has 0 aliphatic carbocycles. The zero-order valence-electron chi connectivity index (χ0n) is 17.4. The van der Waals surface area contributed by atoms with E-state index in [1.54, 1.807) is 52.0 Å². The number of carbonyl (C=O) groups is 3. The van der Waals surface area contributed by atoms with Gasteiger partial charge in [0, 0.05) is 18.4 Å². The monoisotopic (exact) mass is 407 g/mol. The molecule has 29 heavy (non-hydrogen) atoms. The Kier molecular flexibility index (Phi) is 8.01. The molecule has 1 aromatic rings. The first-order valence-corrected chi connectivity index (χ1v) is 9.68. The van der Waals surface area contributed by atoms with Crippen molar-refractivity contribution in [2.45, 2.75) is 58.3 Å². The topological polar surface area (TPSA) is 100 Å². The van der Waals surface area contributed by atoms with E-state index in [0.717, 1.165) is 0 Å². The largest absolute Gasteiger partial charge is 0.482 e. The van der Waals surface area contributed by atoms with Crippen LogP contribution in [0.25, 0.3) is 0 Å². The van der Waals surface area contributed by atoms with Crippen LogP contribution < -0.4 is 10.1 Å². The van der Waals surface area contributed by atoms with Gasteiger partial charge in [-0.1, -0.05) is 0 Å². The lowest BCUT2D eigenvalue weighted by molar-refractivity contribution is -0.155. The van der Waals surface area contributed by atoms with Gasteiger partial charge in [-0.15, -0.1) is 0 Å². The molecule has 0 saturated carbocycles. The van der Waals surface area contributed by atoms with Crippen molar-refractivity contribution in [1.82, 2.24) is 5.32 Å². The van der Waals surface area contributed by atoms with E-state index in [1.165, 1.54) is 0 Å². The van der Waals surface area contributed by atoms with Crippen molar-refractivity contribution in [2.24, 2.45) is 0 Å². The Morgan fingerprint density at radius 1 is 1.14 bits per heavy atom. The molecular formula is C21H29NO7. The van der Waals surface area contributed by atoms with Gasteiger partial charge in [0.2, 0.25) is 0 Å². The van der Waals surface area contributed by atoms with E-state index in [-0.39, 0.29) is 18.5 Å². The summed E-state index contributed by atoms with van der Waals surface area (Å²) in [4.78, 5) is 36.1. The van der Waals surface area contributed by atoms with E-state index in [0.29, 0.717) is 37.4 Å². The minimum atomic E-state index is -0.744. The minimum absolute atomic E-state index is 0.126. The molecule has 1 atom stereocenters. The first-order valence-electron chi connectivity index (χ1n) is 9.68. The van der Waals surface area contributed by atoms with Crippen LogP contribution in [0.5, 0.6) is 5.75 Å². The Labute approximate surface area is 170 Å². The molecule has 0 aromatic heterocycles. The number of benzene rings is 1. The predicted octanol–water partition coefficient (Wildman–Crippen LogP) is 2.88. The van der Waals surface area contributed by atoms with Crippen molar-refractivity contribution in [3.05, 3.63) is 29.8 Å². The van der Waals surface area contributed by atoms with Crippen LogP contribution in [0.4, 0.5) is 4.79 Å². The molecule has 1 N–H and O–H groups in total. The van der Waals surface area contributed by atoms with Crippen LogP contribution in [-0.4, -0.2) is 55.4 Å². The molecule has 1 saturated heterocycles. The highest BCUT2D eigenvalue weighted by Crippen LogP contribution is 2.15. The molecule has 1 fully saturated rings.